The number of nitrogens with zero attached hydrogens (tertiary/aromatic N) is 1. The molecule has 0 atom stereocenters. The van der Waals surface area contributed by atoms with Crippen LogP contribution in [0.4, 0.5) is 0 Å². The van der Waals surface area contributed by atoms with E-state index in [2.05, 4.69) is 10.3 Å². The Morgan fingerprint density at radius 3 is 2.50 bits per heavy atom. The van der Waals surface area contributed by atoms with Gasteiger partial charge in [0.25, 0.3) is 5.91 Å². The van der Waals surface area contributed by atoms with Crippen LogP contribution < -0.4 is 14.8 Å². The molecule has 0 saturated carbocycles. The van der Waals surface area contributed by atoms with E-state index < -0.39 is 9.84 Å². The standard InChI is InChI=1S/C23H20N2O6S/c1-29-17-5-8-22(19(12-17)30-2)32(27,28)18-6-3-15(4-7-18)13-25-23(26)20-11-16-9-10-24-14-21(16)31-20/h3-12,14H,13H2,1-2H3,(H,25,26). The molecule has 2 heterocycles. The zero-order valence-electron chi connectivity index (χ0n) is 17.4. The Hall–Kier alpha value is -3.85. The highest BCUT2D eigenvalue weighted by Gasteiger charge is 2.23. The molecular weight excluding hydrogens is 432 g/mol. The van der Waals surface area contributed by atoms with E-state index in [1.165, 1.54) is 38.5 Å². The quantitative estimate of drug-likeness (QED) is 0.456. The van der Waals surface area contributed by atoms with Crippen molar-refractivity contribution in [2.45, 2.75) is 16.3 Å². The van der Waals surface area contributed by atoms with E-state index in [4.69, 9.17) is 13.9 Å². The lowest BCUT2D eigenvalue weighted by Crippen LogP contribution is -2.22. The number of aromatic nitrogens is 1. The van der Waals surface area contributed by atoms with Crippen molar-refractivity contribution in [1.82, 2.24) is 10.3 Å². The van der Waals surface area contributed by atoms with Gasteiger partial charge < -0.3 is 19.2 Å². The summed E-state index contributed by atoms with van der Waals surface area (Å²) in [5.41, 5.74) is 1.26. The highest BCUT2D eigenvalue weighted by molar-refractivity contribution is 7.91. The van der Waals surface area contributed by atoms with Crippen LogP contribution >= 0.6 is 0 Å². The van der Waals surface area contributed by atoms with Crippen LogP contribution in [0.1, 0.15) is 16.1 Å². The lowest BCUT2D eigenvalue weighted by Gasteiger charge is -2.12. The van der Waals surface area contributed by atoms with Crippen LogP contribution in [-0.4, -0.2) is 33.5 Å². The molecule has 2 aromatic carbocycles. The normalized spacial score (nSPS) is 11.3. The summed E-state index contributed by atoms with van der Waals surface area (Å²) in [6.45, 7) is 0.209. The number of hydrogen-bond donors (Lipinski definition) is 1. The van der Waals surface area contributed by atoms with Crippen LogP contribution in [0.15, 0.2) is 81.2 Å². The SMILES string of the molecule is COc1ccc(S(=O)(=O)c2ccc(CNC(=O)c3cc4ccncc4o3)cc2)c(OC)c1. The van der Waals surface area contributed by atoms with Gasteiger partial charge in [-0.2, -0.15) is 0 Å². The van der Waals surface area contributed by atoms with E-state index in [0.717, 1.165) is 10.9 Å². The molecular formula is C23H20N2O6S. The molecule has 0 spiro atoms. The molecule has 0 radical (unpaired) electrons. The summed E-state index contributed by atoms with van der Waals surface area (Å²) in [5.74, 6) is 0.494. The second-order valence-corrected chi connectivity index (χ2v) is 8.79. The molecule has 0 bridgehead atoms. The van der Waals surface area contributed by atoms with Gasteiger partial charge in [0, 0.05) is 24.2 Å². The van der Waals surface area contributed by atoms with Gasteiger partial charge in [0.05, 0.1) is 25.3 Å². The second-order valence-electron chi connectivity index (χ2n) is 6.87. The molecule has 32 heavy (non-hydrogen) atoms. The van der Waals surface area contributed by atoms with Crippen molar-refractivity contribution >= 4 is 26.7 Å². The van der Waals surface area contributed by atoms with Gasteiger partial charge in [-0.1, -0.05) is 12.1 Å². The molecule has 0 unspecified atom stereocenters. The Bertz CT molecular complexity index is 1340. The number of fused-ring (bicyclic) bond motifs is 1. The molecule has 9 heteroatoms. The summed E-state index contributed by atoms with van der Waals surface area (Å²) in [6, 6.07) is 14.2. The molecule has 0 aliphatic heterocycles. The number of benzene rings is 2. The second kappa shape index (κ2) is 8.72. The van der Waals surface area contributed by atoms with Gasteiger partial charge in [-0.3, -0.25) is 9.78 Å². The Morgan fingerprint density at radius 1 is 1.03 bits per heavy atom. The van der Waals surface area contributed by atoms with Gasteiger partial charge in [-0.05, 0) is 42.0 Å². The maximum Gasteiger partial charge on any atom is 0.287 e. The molecule has 1 amide bonds. The van der Waals surface area contributed by atoms with Crippen LogP contribution in [0, 0.1) is 0 Å². The summed E-state index contributed by atoms with van der Waals surface area (Å²) in [5, 5.41) is 3.55. The minimum atomic E-state index is -3.80. The van der Waals surface area contributed by atoms with Gasteiger partial charge in [0.15, 0.2) is 11.3 Å². The number of amides is 1. The van der Waals surface area contributed by atoms with E-state index in [9.17, 15) is 13.2 Å². The molecule has 1 N–H and O–H groups in total. The van der Waals surface area contributed by atoms with Gasteiger partial charge in [0.1, 0.15) is 16.4 Å². The number of sulfone groups is 1. The number of methoxy groups -OCH3 is 2. The van der Waals surface area contributed by atoms with Gasteiger partial charge in [-0.15, -0.1) is 0 Å². The highest BCUT2D eigenvalue weighted by atomic mass is 32.2. The van der Waals surface area contributed by atoms with Crippen molar-refractivity contribution in [3.05, 3.63) is 78.3 Å². The smallest absolute Gasteiger partial charge is 0.287 e. The first-order chi connectivity index (χ1) is 15.4. The fourth-order valence-corrected chi connectivity index (χ4v) is 4.58. The number of ether oxygens (including phenoxy) is 2. The third-order valence-electron chi connectivity index (χ3n) is 4.89. The summed E-state index contributed by atoms with van der Waals surface area (Å²) >= 11 is 0. The molecule has 0 saturated heterocycles. The maximum atomic E-state index is 13.1. The zero-order valence-corrected chi connectivity index (χ0v) is 18.2. The number of nitrogens with one attached hydrogen (secondary N) is 1. The number of furan rings is 1. The molecule has 4 rings (SSSR count). The van der Waals surface area contributed by atoms with Crippen molar-refractivity contribution in [1.29, 1.82) is 0 Å². The Labute approximate surface area is 184 Å². The summed E-state index contributed by atoms with van der Waals surface area (Å²) in [6.07, 6.45) is 3.17. The van der Waals surface area contributed by atoms with E-state index >= 15 is 0 Å². The van der Waals surface area contributed by atoms with Crippen molar-refractivity contribution in [2.24, 2.45) is 0 Å². The van der Waals surface area contributed by atoms with Gasteiger partial charge >= 0.3 is 0 Å². The number of pyridine rings is 1. The maximum absolute atomic E-state index is 13.1. The Morgan fingerprint density at radius 2 is 1.81 bits per heavy atom. The van der Waals surface area contributed by atoms with E-state index in [0.29, 0.717) is 11.3 Å². The first-order valence-corrected chi connectivity index (χ1v) is 11.1. The third kappa shape index (κ3) is 4.15. The third-order valence-corrected chi connectivity index (χ3v) is 6.70. The number of hydrogen-bond acceptors (Lipinski definition) is 7. The van der Waals surface area contributed by atoms with Crippen LogP contribution in [0.2, 0.25) is 0 Å². The van der Waals surface area contributed by atoms with Gasteiger partial charge in [-0.25, -0.2) is 8.42 Å². The fourth-order valence-electron chi connectivity index (χ4n) is 3.18. The first kappa shape index (κ1) is 21.4. The molecule has 8 nitrogen and oxygen atoms in total. The van der Waals surface area contributed by atoms with Crippen LogP contribution in [-0.2, 0) is 16.4 Å². The first-order valence-electron chi connectivity index (χ1n) is 9.60. The van der Waals surface area contributed by atoms with E-state index in [1.54, 1.807) is 42.7 Å². The average molecular weight is 452 g/mol. The fraction of sp³-hybridized carbons (Fsp3) is 0.130. The topological polar surface area (TPSA) is 108 Å². The molecule has 164 valence electrons. The number of carbonyl (C=O) groups is 1. The lowest BCUT2D eigenvalue weighted by atomic mass is 10.2. The molecule has 0 fully saturated rings. The predicted octanol–water partition coefficient (Wildman–Crippen LogP) is 3.61. The largest absolute Gasteiger partial charge is 0.497 e. The van der Waals surface area contributed by atoms with Gasteiger partial charge in [0.2, 0.25) is 9.84 Å². The number of carbonyl (C=O) groups excluding carboxylic acids is 1. The van der Waals surface area contributed by atoms with Crippen LogP contribution in [0.25, 0.3) is 11.0 Å². The molecule has 0 aliphatic carbocycles. The van der Waals surface area contributed by atoms with Crippen molar-refractivity contribution < 1.29 is 27.1 Å². The predicted molar refractivity (Wildman–Crippen MR) is 117 cm³/mol. The minimum Gasteiger partial charge on any atom is -0.497 e. The van der Waals surface area contributed by atoms with Crippen molar-refractivity contribution in [3.8, 4) is 11.5 Å². The van der Waals surface area contributed by atoms with E-state index in [1.807, 2.05) is 0 Å². The Balaban J connectivity index is 1.48. The van der Waals surface area contributed by atoms with Crippen LogP contribution in [0.5, 0.6) is 11.5 Å². The molecule has 0 aliphatic rings. The Kier molecular flexibility index (Phi) is 5.83. The monoisotopic (exact) mass is 452 g/mol. The molecule has 4 aromatic rings. The average Bonchev–Trinajstić information content (AvgIpc) is 3.27. The van der Waals surface area contributed by atoms with Crippen molar-refractivity contribution in [2.75, 3.05) is 14.2 Å². The van der Waals surface area contributed by atoms with E-state index in [-0.39, 0.29) is 33.8 Å². The summed E-state index contributed by atoms with van der Waals surface area (Å²) in [7, 11) is -0.909. The van der Waals surface area contributed by atoms with Crippen molar-refractivity contribution in [3.63, 3.8) is 0 Å². The number of rotatable bonds is 7. The minimum absolute atomic E-state index is 0.0428. The lowest BCUT2D eigenvalue weighted by molar-refractivity contribution is 0.0925. The zero-order chi connectivity index (χ0) is 22.7. The molecule has 2 aromatic heterocycles. The highest BCUT2D eigenvalue weighted by Crippen LogP contribution is 2.32. The van der Waals surface area contributed by atoms with Crippen LogP contribution in [0.3, 0.4) is 0 Å². The summed E-state index contributed by atoms with van der Waals surface area (Å²) in [4.78, 5) is 16.5. The summed E-state index contributed by atoms with van der Waals surface area (Å²) < 4.78 is 42.0.